The number of nitrogens with one attached hydrogen (secondary N) is 3. The van der Waals surface area contributed by atoms with Crippen molar-refractivity contribution in [1.29, 1.82) is 0 Å². The lowest BCUT2D eigenvalue weighted by atomic mass is 9.72. The summed E-state index contributed by atoms with van der Waals surface area (Å²) in [5, 5.41) is 15.6. The number of fused-ring (bicyclic) bond motifs is 2. The van der Waals surface area contributed by atoms with Crippen molar-refractivity contribution in [3.8, 4) is 11.5 Å². The van der Waals surface area contributed by atoms with Gasteiger partial charge in [0.1, 0.15) is 23.3 Å². The maximum absolute atomic E-state index is 12.4. The second-order valence-corrected chi connectivity index (χ2v) is 5.86. The van der Waals surface area contributed by atoms with Gasteiger partial charge >= 0.3 is 12.1 Å². The summed E-state index contributed by atoms with van der Waals surface area (Å²) in [6.07, 6.45) is 0. The minimum Gasteiger partial charge on any atom is -0.508 e. The van der Waals surface area contributed by atoms with Crippen LogP contribution in [0.4, 0.5) is 9.59 Å². The summed E-state index contributed by atoms with van der Waals surface area (Å²) in [6, 6.07) is 1.99. The molecule has 0 aliphatic carbocycles. The summed E-state index contributed by atoms with van der Waals surface area (Å²) in [7, 11) is 0. The van der Waals surface area contributed by atoms with Crippen LogP contribution in [0.1, 0.15) is 11.5 Å². The molecule has 3 heterocycles. The predicted octanol–water partition coefficient (Wildman–Crippen LogP) is -0.885. The van der Waals surface area contributed by atoms with Crippen molar-refractivity contribution in [3.63, 3.8) is 0 Å². The summed E-state index contributed by atoms with van der Waals surface area (Å²) < 4.78 is 5.45. The minimum atomic E-state index is -1.45. The molecule has 0 bridgehead atoms. The number of nitrogens with zero attached hydrogens (tertiary/aromatic N) is 1. The zero-order valence-corrected chi connectivity index (χ0v) is 12.8. The van der Waals surface area contributed by atoms with E-state index < -0.39 is 47.5 Å². The molecule has 11 nitrogen and oxygen atoms in total. The molecule has 3 aliphatic rings. The first kappa shape index (κ1) is 15.7. The number of imide groups is 3. The Hall–Kier alpha value is -3.76. The zero-order chi connectivity index (χ0) is 18.6. The van der Waals surface area contributed by atoms with Gasteiger partial charge in [-0.05, 0) is 6.07 Å². The summed E-state index contributed by atoms with van der Waals surface area (Å²) in [4.78, 5) is 63.4. The van der Waals surface area contributed by atoms with E-state index in [9.17, 15) is 29.1 Å². The van der Waals surface area contributed by atoms with Crippen LogP contribution in [0.25, 0.3) is 0 Å². The fourth-order valence-corrected chi connectivity index (χ4v) is 3.30. The summed E-state index contributed by atoms with van der Waals surface area (Å²) >= 11 is 0. The molecule has 1 saturated heterocycles. The van der Waals surface area contributed by atoms with E-state index >= 15 is 0 Å². The van der Waals surface area contributed by atoms with E-state index in [0.717, 1.165) is 0 Å². The molecule has 0 aromatic heterocycles. The average Bonchev–Trinajstić information content (AvgIpc) is 2.52. The standard InChI is InChI=1S/C15H10N4O7/c20-4-1-2-5-6(3-4)26-13-9(12(23)18-15(25)19-13)7(5)8-10(21)16-14(24)17-11(8)22/h1-3,7-9,20H,(H,18,23,25)(H2,16,17,21,22,24). The van der Waals surface area contributed by atoms with Crippen LogP contribution in [-0.2, 0) is 14.4 Å². The molecule has 132 valence electrons. The topological polar surface area (TPSA) is 163 Å². The third-order valence-electron chi connectivity index (χ3n) is 4.32. The SMILES string of the molecule is O=C1N=C2Oc3cc(O)ccc3C(C3C(=O)NC(=O)NC3=O)C2C(=O)N1. The first-order chi connectivity index (χ1) is 12.3. The van der Waals surface area contributed by atoms with Gasteiger partial charge in [-0.2, -0.15) is 4.99 Å². The Morgan fingerprint density at radius 3 is 2.27 bits per heavy atom. The molecule has 0 radical (unpaired) electrons. The second kappa shape index (κ2) is 5.37. The summed E-state index contributed by atoms with van der Waals surface area (Å²) in [6.45, 7) is 0. The van der Waals surface area contributed by atoms with Crippen molar-refractivity contribution in [2.45, 2.75) is 5.92 Å². The Bertz CT molecular complexity index is 918. The van der Waals surface area contributed by atoms with Crippen molar-refractivity contribution in [2.24, 2.45) is 16.8 Å². The number of carbonyl (C=O) groups is 5. The molecule has 4 N–H and O–H groups in total. The van der Waals surface area contributed by atoms with Gasteiger partial charge in [0.05, 0.1) is 0 Å². The summed E-state index contributed by atoms with van der Waals surface area (Å²) in [5.74, 6) is -6.78. The number of hydrogen-bond donors (Lipinski definition) is 4. The molecule has 4 rings (SSSR count). The molecule has 1 aromatic rings. The second-order valence-electron chi connectivity index (χ2n) is 5.86. The Morgan fingerprint density at radius 2 is 1.58 bits per heavy atom. The van der Waals surface area contributed by atoms with E-state index in [1.54, 1.807) is 0 Å². The van der Waals surface area contributed by atoms with Gasteiger partial charge in [-0.15, -0.1) is 0 Å². The van der Waals surface area contributed by atoms with Gasteiger partial charge in [0, 0.05) is 17.5 Å². The normalized spacial score (nSPS) is 25.2. The van der Waals surface area contributed by atoms with E-state index in [1.807, 2.05) is 16.0 Å². The first-order valence-corrected chi connectivity index (χ1v) is 7.45. The fraction of sp³-hybridized carbons (Fsp3) is 0.200. The highest BCUT2D eigenvalue weighted by molar-refractivity contribution is 6.20. The Balaban J connectivity index is 1.90. The first-order valence-electron chi connectivity index (χ1n) is 7.45. The van der Waals surface area contributed by atoms with Gasteiger partial charge in [-0.3, -0.25) is 30.3 Å². The van der Waals surface area contributed by atoms with E-state index in [0.29, 0.717) is 0 Å². The number of rotatable bonds is 1. The molecule has 2 atom stereocenters. The van der Waals surface area contributed by atoms with Gasteiger partial charge in [-0.25, -0.2) is 9.59 Å². The molecular weight excluding hydrogens is 348 g/mol. The van der Waals surface area contributed by atoms with Gasteiger partial charge in [0.25, 0.3) is 0 Å². The minimum absolute atomic E-state index is 0.0463. The number of hydrogen-bond acceptors (Lipinski definition) is 7. The van der Waals surface area contributed by atoms with Crippen molar-refractivity contribution >= 4 is 35.7 Å². The van der Waals surface area contributed by atoms with Crippen molar-refractivity contribution in [2.75, 3.05) is 0 Å². The van der Waals surface area contributed by atoms with Crippen LogP contribution < -0.4 is 20.7 Å². The van der Waals surface area contributed by atoms with Gasteiger partial charge < -0.3 is 9.84 Å². The lowest BCUT2D eigenvalue weighted by Crippen LogP contribution is -2.60. The third kappa shape index (κ3) is 2.29. The molecule has 7 amide bonds. The number of benzene rings is 1. The van der Waals surface area contributed by atoms with Crippen molar-refractivity contribution in [1.82, 2.24) is 16.0 Å². The van der Waals surface area contributed by atoms with Crippen LogP contribution in [0.5, 0.6) is 11.5 Å². The highest BCUT2D eigenvalue weighted by Gasteiger charge is 2.53. The maximum atomic E-state index is 12.4. The van der Waals surface area contributed by atoms with Crippen molar-refractivity contribution < 1.29 is 33.8 Å². The van der Waals surface area contributed by atoms with Crippen LogP contribution in [0.15, 0.2) is 23.2 Å². The highest BCUT2D eigenvalue weighted by atomic mass is 16.5. The quantitative estimate of drug-likeness (QED) is 0.473. The number of phenolic OH excluding ortho intramolecular Hbond substituents is 1. The van der Waals surface area contributed by atoms with E-state index in [4.69, 9.17) is 4.74 Å². The van der Waals surface area contributed by atoms with E-state index in [1.165, 1.54) is 18.2 Å². The molecule has 0 spiro atoms. The Morgan fingerprint density at radius 1 is 0.923 bits per heavy atom. The number of aliphatic imine (C=N–C) groups is 1. The Kier molecular flexibility index (Phi) is 3.26. The number of ether oxygens (including phenoxy) is 1. The fourth-order valence-electron chi connectivity index (χ4n) is 3.30. The number of carbonyl (C=O) groups excluding carboxylic acids is 5. The third-order valence-corrected chi connectivity index (χ3v) is 4.32. The lowest BCUT2D eigenvalue weighted by Gasteiger charge is -2.38. The highest BCUT2D eigenvalue weighted by Crippen LogP contribution is 2.45. The van der Waals surface area contributed by atoms with Crippen molar-refractivity contribution in [3.05, 3.63) is 23.8 Å². The predicted molar refractivity (Wildman–Crippen MR) is 81.1 cm³/mol. The molecular formula is C15H10N4O7. The average molecular weight is 358 g/mol. The Labute approximate surface area is 144 Å². The van der Waals surface area contributed by atoms with Crippen LogP contribution in [-0.4, -0.2) is 40.8 Å². The van der Waals surface area contributed by atoms with Gasteiger partial charge in [0.2, 0.25) is 23.6 Å². The molecule has 3 aliphatic heterocycles. The monoisotopic (exact) mass is 358 g/mol. The molecule has 26 heavy (non-hydrogen) atoms. The van der Waals surface area contributed by atoms with Gasteiger partial charge in [0.15, 0.2) is 0 Å². The van der Waals surface area contributed by atoms with Gasteiger partial charge in [-0.1, -0.05) is 6.07 Å². The molecule has 2 unspecified atom stereocenters. The molecule has 1 fully saturated rings. The van der Waals surface area contributed by atoms with Crippen LogP contribution in [0.3, 0.4) is 0 Å². The lowest BCUT2D eigenvalue weighted by molar-refractivity contribution is -0.137. The van der Waals surface area contributed by atoms with Crippen LogP contribution in [0, 0.1) is 11.8 Å². The zero-order valence-electron chi connectivity index (χ0n) is 12.8. The number of phenols is 1. The molecule has 11 heteroatoms. The molecule has 0 saturated carbocycles. The number of barbiturate groups is 1. The van der Waals surface area contributed by atoms with Crippen LogP contribution >= 0.6 is 0 Å². The maximum Gasteiger partial charge on any atom is 0.350 e. The largest absolute Gasteiger partial charge is 0.508 e. The number of amides is 7. The number of aromatic hydroxyl groups is 1. The summed E-state index contributed by atoms with van der Waals surface area (Å²) in [5.41, 5.74) is 0.279. The number of urea groups is 2. The smallest absolute Gasteiger partial charge is 0.350 e. The van der Waals surface area contributed by atoms with E-state index in [2.05, 4.69) is 4.99 Å². The van der Waals surface area contributed by atoms with E-state index in [-0.39, 0.29) is 23.0 Å². The van der Waals surface area contributed by atoms with Crippen LogP contribution in [0.2, 0.25) is 0 Å². The molecule has 1 aromatic carbocycles.